The number of rotatable bonds is 12. The highest BCUT2D eigenvalue weighted by molar-refractivity contribution is 4.56. The second kappa shape index (κ2) is 12.4. The molecule has 0 unspecified atom stereocenters. The lowest BCUT2D eigenvalue weighted by molar-refractivity contribution is 0.179. The van der Waals surface area contributed by atoms with Crippen molar-refractivity contribution < 1.29 is 5.11 Å². The minimum atomic E-state index is -0.108. The monoisotopic (exact) mass is 242 g/mol. The molecule has 0 bridgehead atoms. The predicted molar refractivity (Wildman–Crippen MR) is 77.3 cm³/mol. The van der Waals surface area contributed by atoms with E-state index in [1.165, 1.54) is 64.2 Å². The van der Waals surface area contributed by atoms with E-state index in [0.717, 1.165) is 12.3 Å². The highest BCUT2D eigenvalue weighted by Gasteiger charge is 2.02. The van der Waals surface area contributed by atoms with Gasteiger partial charge in [-0.25, -0.2) is 0 Å². The maximum atomic E-state index is 9.16. The third kappa shape index (κ3) is 13.9. The maximum Gasteiger partial charge on any atom is 0.0512 e. The van der Waals surface area contributed by atoms with Crippen LogP contribution in [0, 0.1) is 5.92 Å². The van der Waals surface area contributed by atoms with Crippen molar-refractivity contribution in [3.05, 3.63) is 0 Å². The molecule has 0 aliphatic rings. The van der Waals surface area contributed by atoms with Gasteiger partial charge in [0.15, 0.2) is 0 Å². The van der Waals surface area contributed by atoms with Crippen molar-refractivity contribution in [2.24, 2.45) is 5.92 Å². The molecule has 0 saturated heterocycles. The summed E-state index contributed by atoms with van der Waals surface area (Å²) in [5, 5.41) is 9.16. The van der Waals surface area contributed by atoms with Gasteiger partial charge in [-0.1, -0.05) is 78.1 Å². The fraction of sp³-hybridized carbons (Fsp3) is 1.00. The summed E-state index contributed by atoms with van der Waals surface area (Å²) >= 11 is 0. The van der Waals surface area contributed by atoms with Crippen LogP contribution in [0.15, 0.2) is 0 Å². The molecular formula is C16H34O. The molecule has 0 aliphatic carbocycles. The first-order chi connectivity index (χ1) is 8.16. The second-order valence-corrected chi connectivity index (χ2v) is 5.80. The van der Waals surface area contributed by atoms with E-state index in [1.807, 2.05) is 6.92 Å². The highest BCUT2D eigenvalue weighted by Crippen LogP contribution is 2.17. The molecule has 0 saturated carbocycles. The Balaban J connectivity index is 3.14. The van der Waals surface area contributed by atoms with Crippen molar-refractivity contribution in [3.63, 3.8) is 0 Å². The van der Waals surface area contributed by atoms with E-state index in [-0.39, 0.29) is 6.10 Å². The molecule has 1 nitrogen and oxygen atoms in total. The number of hydrogen-bond acceptors (Lipinski definition) is 1. The molecule has 0 aliphatic heterocycles. The number of unbranched alkanes of at least 4 members (excludes halogenated alkanes) is 6. The molecule has 17 heavy (non-hydrogen) atoms. The topological polar surface area (TPSA) is 20.2 Å². The molecule has 0 aromatic heterocycles. The van der Waals surface area contributed by atoms with Gasteiger partial charge in [0.1, 0.15) is 0 Å². The Morgan fingerprint density at radius 1 is 0.706 bits per heavy atom. The van der Waals surface area contributed by atoms with Crippen molar-refractivity contribution in [3.8, 4) is 0 Å². The third-order valence-corrected chi connectivity index (χ3v) is 3.62. The van der Waals surface area contributed by atoms with E-state index in [2.05, 4.69) is 13.8 Å². The van der Waals surface area contributed by atoms with Crippen LogP contribution in [-0.4, -0.2) is 11.2 Å². The Bertz CT molecular complexity index is 142. The van der Waals surface area contributed by atoms with Crippen LogP contribution in [0.25, 0.3) is 0 Å². The molecule has 1 N–H and O–H groups in total. The van der Waals surface area contributed by atoms with Crippen molar-refractivity contribution in [1.82, 2.24) is 0 Å². The first-order valence-corrected chi connectivity index (χ1v) is 7.84. The van der Waals surface area contributed by atoms with Gasteiger partial charge < -0.3 is 5.11 Å². The fourth-order valence-corrected chi connectivity index (χ4v) is 2.35. The standard InChI is InChI=1S/C16H34O/c1-4-5-6-7-8-9-12-15(2)13-10-11-14-16(3)17/h15-17H,4-14H2,1-3H3/t15-,16-/m0/s1. The molecule has 0 fully saturated rings. The molecule has 0 amide bonds. The van der Waals surface area contributed by atoms with Crippen LogP contribution < -0.4 is 0 Å². The van der Waals surface area contributed by atoms with Gasteiger partial charge in [-0.15, -0.1) is 0 Å². The molecule has 0 radical (unpaired) electrons. The van der Waals surface area contributed by atoms with Crippen LogP contribution in [-0.2, 0) is 0 Å². The summed E-state index contributed by atoms with van der Waals surface area (Å²) in [6.07, 6.45) is 14.6. The van der Waals surface area contributed by atoms with Gasteiger partial charge in [0, 0.05) is 0 Å². The summed E-state index contributed by atoms with van der Waals surface area (Å²) in [6, 6.07) is 0. The van der Waals surface area contributed by atoms with Crippen LogP contribution in [0.2, 0.25) is 0 Å². The van der Waals surface area contributed by atoms with Crippen LogP contribution in [0.3, 0.4) is 0 Å². The largest absolute Gasteiger partial charge is 0.393 e. The highest BCUT2D eigenvalue weighted by atomic mass is 16.3. The fourth-order valence-electron chi connectivity index (χ4n) is 2.35. The normalized spacial score (nSPS) is 14.8. The Morgan fingerprint density at radius 2 is 1.18 bits per heavy atom. The van der Waals surface area contributed by atoms with Crippen LogP contribution in [0.4, 0.5) is 0 Å². The lowest BCUT2D eigenvalue weighted by Crippen LogP contribution is -2.00. The summed E-state index contributed by atoms with van der Waals surface area (Å²) in [5.41, 5.74) is 0. The molecule has 0 heterocycles. The van der Waals surface area contributed by atoms with E-state index in [4.69, 9.17) is 5.11 Å². The smallest absolute Gasteiger partial charge is 0.0512 e. The van der Waals surface area contributed by atoms with Crippen molar-refractivity contribution >= 4 is 0 Å². The predicted octanol–water partition coefficient (Wildman–Crippen LogP) is 5.31. The molecular weight excluding hydrogens is 208 g/mol. The lowest BCUT2D eigenvalue weighted by atomic mass is 9.96. The van der Waals surface area contributed by atoms with Crippen LogP contribution in [0.1, 0.15) is 91.4 Å². The van der Waals surface area contributed by atoms with Gasteiger partial charge in [-0.05, 0) is 19.3 Å². The van der Waals surface area contributed by atoms with Gasteiger partial charge in [0.2, 0.25) is 0 Å². The molecule has 0 rings (SSSR count). The van der Waals surface area contributed by atoms with E-state index in [0.29, 0.717) is 0 Å². The van der Waals surface area contributed by atoms with Crippen molar-refractivity contribution in [2.45, 2.75) is 97.5 Å². The average Bonchev–Trinajstić information content (AvgIpc) is 2.29. The SMILES string of the molecule is CCCCCCCC[C@H](C)CCCC[C@H](C)O. The van der Waals surface area contributed by atoms with Crippen molar-refractivity contribution in [2.75, 3.05) is 0 Å². The van der Waals surface area contributed by atoms with E-state index in [1.54, 1.807) is 0 Å². The number of hydrogen-bond donors (Lipinski definition) is 1. The third-order valence-electron chi connectivity index (χ3n) is 3.62. The summed E-state index contributed by atoms with van der Waals surface area (Å²) < 4.78 is 0. The number of aliphatic hydroxyl groups excluding tert-OH is 1. The molecule has 1 heteroatoms. The van der Waals surface area contributed by atoms with Crippen molar-refractivity contribution in [1.29, 1.82) is 0 Å². The summed E-state index contributed by atoms with van der Waals surface area (Å²) in [4.78, 5) is 0. The molecule has 0 spiro atoms. The van der Waals surface area contributed by atoms with Gasteiger partial charge in [0.25, 0.3) is 0 Å². The Hall–Kier alpha value is -0.0400. The van der Waals surface area contributed by atoms with E-state index >= 15 is 0 Å². The quantitative estimate of drug-likeness (QED) is 0.460. The maximum absolute atomic E-state index is 9.16. The zero-order valence-corrected chi connectivity index (χ0v) is 12.4. The Kier molecular flexibility index (Phi) is 12.4. The first-order valence-electron chi connectivity index (χ1n) is 7.84. The van der Waals surface area contributed by atoms with Gasteiger partial charge in [-0.3, -0.25) is 0 Å². The summed E-state index contributed by atoms with van der Waals surface area (Å²) in [6.45, 7) is 6.55. The first kappa shape index (κ1) is 17.0. The molecule has 0 aromatic carbocycles. The minimum absolute atomic E-state index is 0.108. The zero-order chi connectivity index (χ0) is 12.9. The Labute approximate surface area is 109 Å². The molecule has 104 valence electrons. The van der Waals surface area contributed by atoms with Gasteiger partial charge in [0.05, 0.1) is 6.10 Å². The minimum Gasteiger partial charge on any atom is -0.393 e. The molecule has 0 aromatic rings. The van der Waals surface area contributed by atoms with Gasteiger partial charge in [-0.2, -0.15) is 0 Å². The van der Waals surface area contributed by atoms with Gasteiger partial charge >= 0.3 is 0 Å². The number of aliphatic hydroxyl groups is 1. The van der Waals surface area contributed by atoms with E-state index in [9.17, 15) is 0 Å². The summed E-state index contributed by atoms with van der Waals surface area (Å²) in [7, 11) is 0. The van der Waals surface area contributed by atoms with E-state index < -0.39 is 0 Å². The van der Waals surface area contributed by atoms with Crippen LogP contribution >= 0.6 is 0 Å². The molecule has 2 atom stereocenters. The zero-order valence-electron chi connectivity index (χ0n) is 12.4. The Morgan fingerprint density at radius 3 is 1.76 bits per heavy atom. The summed E-state index contributed by atoms with van der Waals surface area (Å²) in [5.74, 6) is 0.884. The second-order valence-electron chi connectivity index (χ2n) is 5.80. The average molecular weight is 242 g/mol. The lowest BCUT2D eigenvalue weighted by Gasteiger charge is -2.11. The van der Waals surface area contributed by atoms with Crippen LogP contribution in [0.5, 0.6) is 0 Å².